The van der Waals surface area contributed by atoms with Gasteiger partial charge >= 0.3 is 0 Å². The van der Waals surface area contributed by atoms with Gasteiger partial charge in [-0.25, -0.2) is 0 Å². The van der Waals surface area contributed by atoms with Crippen LogP contribution in [-0.2, 0) is 16.1 Å². The first kappa shape index (κ1) is 17.0. The summed E-state index contributed by atoms with van der Waals surface area (Å²) in [5, 5.41) is 5.09. The van der Waals surface area contributed by atoms with Crippen molar-refractivity contribution in [2.45, 2.75) is 47.1 Å². The fourth-order valence-electron chi connectivity index (χ4n) is 2.72. The van der Waals surface area contributed by atoms with Gasteiger partial charge in [-0.15, -0.1) is 11.3 Å². The van der Waals surface area contributed by atoms with Crippen LogP contribution < -0.4 is 5.32 Å². The number of nitrogens with one attached hydrogen (secondary N) is 1. The summed E-state index contributed by atoms with van der Waals surface area (Å²) < 4.78 is 0. The van der Waals surface area contributed by atoms with Gasteiger partial charge in [0, 0.05) is 29.3 Å². The maximum atomic E-state index is 12.3. The molecule has 1 saturated heterocycles. The van der Waals surface area contributed by atoms with Crippen LogP contribution in [0.5, 0.6) is 0 Å². The Kier molecular flexibility index (Phi) is 5.27. The third kappa shape index (κ3) is 4.09. The van der Waals surface area contributed by atoms with Gasteiger partial charge in [0.05, 0.1) is 6.54 Å². The number of piperidine rings is 1. The van der Waals surface area contributed by atoms with Gasteiger partial charge in [-0.3, -0.25) is 9.59 Å². The molecule has 1 fully saturated rings. The zero-order chi connectivity index (χ0) is 16.3. The first-order valence-corrected chi connectivity index (χ1v) is 8.77. The van der Waals surface area contributed by atoms with Crippen molar-refractivity contribution >= 4 is 23.2 Å². The number of thiophene rings is 1. The standard InChI is InChI=1S/C17H26N2O2S/c1-12-7-10-22-14(12)11-18-15(20)13-5-8-19(9-6-13)16(21)17(2,3)4/h7,10,13H,5-6,8-9,11H2,1-4H3,(H,18,20). The minimum absolute atomic E-state index is 0.0317. The van der Waals surface area contributed by atoms with Crippen LogP contribution in [0.15, 0.2) is 11.4 Å². The SMILES string of the molecule is Cc1ccsc1CNC(=O)C1CCN(C(=O)C(C)(C)C)CC1. The number of carbonyl (C=O) groups excluding carboxylic acids is 2. The number of carbonyl (C=O) groups is 2. The molecule has 0 unspecified atom stereocenters. The number of rotatable bonds is 3. The van der Waals surface area contributed by atoms with Gasteiger partial charge in [0.15, 0.2) is 0 Å². The van der Waals surface area contributed by atoms with Crippen molar-refractivity contribution in [3.05, 3.63) is 21.9 Å². The summed E-state index contributed by atoms with van der Waals surface area (Å²) in [5.74, 6) is 0.334. The van der Waals surface area contributed by atoms with Crippen molar-refractivity contribution in [3.63, 3.8) is 0 Å². The highest BCUT2D eigenvalue weighted by atomic mass is 32.1. The molecule has 4 nitrogen and oxygen atoms in total. The molecular formula is C17H26N2O2S. The van der Waals surface area contributed by atoms with Crippen molar-refractivity contribution in [3.8, 4) is 0 Å². The van der Waals surface area contributed by atoms with E-state index in [1.165, 1.54) is 10.4 Å². The second-order valence-electron chi connectivity index (χ2n) is 7.06. The smallest absolute Gasteiger partial charge is 0.227 e. The highest BCUT2D eigenvalue weighted by Gasteiger charge is 2.32. The molecule has 2 rings (SSSR count). The van der Waals surface area contributed by atoms with Crippen LogP contribution >= 0.6 is 11.3 Å². The van der Waals surface area contributed by atoms with E-state index in [1.54, 1.807) is 11.3 Å². The van der Waals surface area contributed by atoms with E-state index in [4.69, 9.17) is 0 Å². The maximum absolute atomic E-state index is 12.3. The lowest BCUT2D eigenvalue weighted by atomic mass is 9.90. The summed E-state index contributed by atoms with van der Waals surface area (Å²) in [7, 11) is 0. The van der Waals surface area contributed by atoms with Crippen molar-refractivity contribution in [2.24, 2.45) is 11.3 Å². The lowest BCUT2D eigenvalue weighted by Gasteiger charge is -2.35. The minimum Gasteiger partial charge on any atom is -0.351 e. The molecule has 1 aliphatic heterocycles. The Morgan fingerprint density at radius 1 is 1.32 bits per heavy atom. The zero-order valence-electron chi connectivity index (χ0n) is 13.9. The third-order valence-corrected chi connectivity index (χ3v) is 5.21. The van der Waals surface area contributed by atoms with Gasteiger partial charge in [0.25, 0.3) is 0 Å². The van der Waals surface area contributed by atoms with Gasteiger partial charge in [-0.05, 0) is 36.8 Å². The van der Waals surface area contributed by atoms with Crippen LogP contribution in [-0.4, -0.2) is 29.8 Å². The minimum atomic E-state index is -0.341. The quantitative estimate of drug-likeness (QED) is 0.930. The summed E-state index contributed by atoms with van der Waals surface area (Å²) in [4.78, 5) is 27.6. The first-order valence-electron chi connectivity index (χ1n) is 7.89. The zero-order valence-corrected chi connectivity index (χ0v) is 14.8. The van der Waals surface area contributed by atoms with E-state index in [0.29, 0.717) is 19.6 Å². The van der Waals surface area contributed by atoms with E-state index in [-0.39, 0.29) is 23.1 Å². The molecule has 1 N–H and O–H groups in total. The van der Waals surface area contributed by atoms with Gasteiger partial charge < -0.3 is 10.2 Å². The van der Waals surface area contributed by atoms with E-state index in [2.05, 4.69) is 18.3 Å². The molecule has 0 aliphatic carbocycles. The average Bonchev–Trinajstić information content (AvgIpc) is 2.88. The lowest BCUT2D eigenvalue weighted by Crippen LogP contribution is -2.46. The number of likely N-dealkylation sites (tertiary alicyclic amines) is 1. The van der Waals surface area contributed by atoms with E-state index >= 15 is 0 Å². The number of hydrogen-bond acceptors (Lipinski definition) is 3. The van der Waals surface area contributed by atoms with E-state index in [1.807, 2.05) is 31.1 Å². The number of amides is 2. The highest BCUT2D eigenvalue weighted by molar-refractivity contribution is 7.10. The highest BCUT2D eigenvalue weighted by Crippen LogP contribution is 2.24. The van der Waals surface area contributed by atoms with E-state index in [9.17, 15) is 9.59 Å². The number of hydrogen-bond donors (Lipinski definition) is 1. The fraction of sp³-hybridized carbons (Fsp3) is 0.647. The molecule has 22 heavy (non-hydrogen) atoms. The van der Waals surface area contributed by atoms with Crippen LogP contribution in [0.2, 0.25) is 0 Å². The summed E-state index contributed by atoms with van der Waals surface area (Å²) in [6.07, 6.45) is 1.52. The predicted octanol–water partition coefficient (Wildman–Crippen LogP) is 2.96. The van der Waals surface area contributed by atoms with Crippen molar-refractivity contribution in [1.29, 1.82) is 0 Å². The molecule has 1 aromatic rings. The number of aryl methyl sites for hydroxylation is 1. The first-order chi connectivity index (χ1) is 10.3. The summed E-state index contributed by atoms with van der Waals surface area (Å²) in [6.45, 7) is 9.88. The molecule has 2 amide bonds. The monoisotopic (exact) mass is 322 g/mol. The molecule has 0 aromatic carbocycles. The van der Waals surface area contributed by atoms with Crippen LogP contribution in [0.1, 0.15) is 44.1 Å². The summed E-state index contributed by atoms with van der Waals surface area (Å²) >= 11 is 1.68. The summed E-state index contributed by atoms with van der Waals surface area (Å²) in [6, 6.07) is 2.07. The third-order valence-electron chi connectivity index (χ3n) is 4.19. The van der Waals surface area contributed by atoms with E-state index < -0.39 is 0 Å². The largest absolute Gasteiger partial charge is 0.351 e. The van der Waals surface area contributed by atoms with Crippen LogP contribution in [0.25, 0.3) is 0 Å². The topological polar surface area (TPSA) is 49.4 Å². The predicted molar refractivity (Wildman–Crippen MR) is 89.7 cm³/mol. The Hall–Kier alpha value is -1.36. The molecule has 1 aliphatic rings. The van der Waals surface area contributed by atoms with Gasteiger partial charge in [0.2, 0.25) is 11.8 Å². The Bertz CT molecular complexity index is 537. The molecular weight excluding hydrogens is 296 g/mol. The molecule has 0 atom stereocenters. The fourth-order valence-corrected chi connectivity index (χ4v) is 3.56. The van der Waals surface area contributed by atoms with Crippen LogP contribution in [0.3, 0.4) is 0 Å². The van der Waals surface area contributed by atoms with Crippen molar-refractivity contribution in [1.82, 2.24) is 10.2 Å². The average molecular weight is 322 g/mol. The molecule has 0 saturated carbocycles. The van der Waals surface area contributed by atoms with Gasteiger partial charge in [-0.1, -0.05) is 20.8 Å². The lowest BCUT2D eigenvalue weighted by molar-refractivity contribution is -0.142. The second kappa shape index (κ2) is 6.82. The Morgan fingerprint density at radius 3 is 2.45 bits per heavy atom. The molecule has 0 radical (unpaired) electrons. The maximum Gasteiger partial charge on any atom is 0.227 e. The Morgan fingerprint density at radius 2 is 1.95 bits per heavy atom. The molecule has 0 spiro atoms. The van der Waals surface area contributed by atoms with Crippen molar-refractivity contribution < 1.29 is 9.59 Å². The molecule has 1 aromatic heterocycles. The van der Waals surface area contributed by atoms with E-state index in [0.717, 1.165) is 12.8 Å². The van der Waals surface area contributed by atoms with Crippen molar-refractivity contribution in [2.75, 3.05) is 13.1 Å². The second-order valence-corrected chi connectivity index (χ2v) is 8.06. The molecule has 5 heteroatoms. The van der Waals surface area contributed by atoms with Gasteiger partial charge in [-0.2, -0.15) is 0 Å². The van der Waals surface area contributed by atoms with Crippen LogP contribution in [0, 0.1) is 18.3 Å². The van der Waals surface area contributed by atoms with Gasteiger partial charge in [0.1, 0.15) is 0 Å². The normalized spacial score (nSPS) is 16.6. The molecule has 122 valence electrons. The molecule has 0 bridgehead atoms. The summed E-state index contributed by atoms with van der Waals surface area (Å²) in [5.41, 5.74) is 0.891. The Labute approximate surface area is 136 Å². The Balaban J connectivity index is 1.80. The number of nitrogens with zero attached hydrogens (tertiary/aromatic N) is 1. The van der Waals surface area contributed by atoms with Crippen LogP contribution in [0.4, 0.5) is 0 Å². The molecule has 2 heterocycles.